The Morgan fingerprint density at radius 3 is 2.00 bits per heavy atom. The minimum Gasteiger partial charge on any atom is -0.481 e. The van der Waals surface area contributed by atoms with Crippen molar-refractivity contribution in [1.82, 2.24) is 0 Å². The second-order valence-corrected chi connectivity index (χ2v) is 5.80. The first-order valence-corrected chi connectivity index (χ1v) is 7.20. The molecular formula is C16H24O7. The Labute approximate surface area is 134 Å². The highest BCUT2D eigenvalue weighted by atomic mass is 16.4. The summed E-state index contributed by atoms with van der Waals surface area (Å²) in [4.78, 5) is 33.2. The second kappa shape index (κ2) is 9.09. The topological polar surface area (TPSA) is 132 Å². The van der Waals surface area contributed by atoms with Crippen LogP contribution in [0, 0.1) is 5.92 Å². The predicted molar refractivity (Wildman–Crippen MR) is 83.0 cm³/mol. The van der Waals surface area contributed by atoms with E-state index >= 15 is 0 Å². The van der Waals surface area contributed by atoms with Crippen LogP contribution in [0.15, 0.2) is 23.3 Å². The van der Waals surface area contributed by atoms with Gasteiger partial charge in [-0.05, 0) is 40.0 Å². The van der Waals surface area contributed by atoms with E-state index in [4.69, 9.17) is 10.2 Å². The molecule has 0 aromatic carbocycles. The summed E-state index contributed by atoms with van der Waals surface area (Å²) in [6, 6.07) is 0. The lowest BCUT2D eigenvalue weighted by Crippen LogP contribution is -2.50. The molecule has 0 fully saturated rings. The van der Waals surface area contributed by atoms with Gasteiger partial charge in [0.1, 0.15) is 5.92 Å². The predicted octanol–water partition coefficient (Wildman–Crippen LogP) is 2.06. The minimum atomic E-state index is -2.85. The average molecular weight is 328 g/mol. The zero-order valence-electron chi connectivity index (χ0n) is 13.6. The molecule has 0 aliphatic heterocycles. The summed E-state index contributed by atoms with van der Waals surface area (Å²) >= 11 is 0. The van der Waals surface area contributed by atoms with Crippen molar-refractivity contribution >= 4 is 17.9 Å². The molecule has 0 aromatic heterocycles. The first-order valence-electron chi connectivity index (χ1n) is 7.20. The van der Waals surface area contributed by atoms with E-state index in [2.05, 4.69) is 0 Å². The Bertz CT molecular complexity index is 515. The van der Waals surface area contributed by atoms with Crippen molar-refractivity contribution in [2.45, 2.75) is 52.1 Å². The van der Waals surface area contributed by atoms with Crippen LogP contribution < -0.4 is 0 Å². The number of aliphatic carboxylic acids is 3. The molecule has 7 nitrogen and oxygen atoms in total. The van der Waals surface area contributed by atoms with E-state index in [9.17, 15) is 24.6 Å². The van der Waals surface area contributed by atoms with Gasteiger partial charge in [-0.2, -0.15) is 0 Å². The SMILES string of the molecule is CC(C)=CCCC(C)=CCC(C(=O)O)C(O)(CC(=O)O)C(=O)O. The van der Waals surface area contributed by atoms with Gasteiger partial charge in [-0.25, -0.2) is 4.79 Å². The molecule has 23 heavy (non-hydrogen) atoms. The third kappa shape index (κ3) is 7.10. The Kier molecular flexibility index (Phi) is 8.24. The standard InChI is InChI=1S/C16H24O7/c1-10(2)5-4-6-11(3)7-8-12(14(19)20)16(23,15(21)22)9-13(17)18/h5,7,12,23H,4,6,8-9H2,1-3H3,(H,17,18)(H,19,20)(H,21,22). The maximum atomic E-state index is 11.3. The highest BCUT2D eigenvalue weighted by Gasteiger charge is 2.49. The maximum absolute atomic E-state index is 11.3. The third-order valence-corrected chi connectivity index (χ3v) is 3.46. The molecule has 2 atom stereocenters. The van der Waals surface area contributed by atoms with Crippen molar-refractivity contribution in [3.8, 4) is 0 Å². The van der Waals surface area contributed by atoms with E-state index < -0.39 is 35.8 Å². The number of carboxylic acids is 3. The quantitative estimate of drug-likeness (QED) is 0.451. The van der Waals surface area contributed by atoms with Crippen LogP contribution in [0.25, 0.3) is 0 Å². The largest absolute Gasteiger partial charge is 0.481 e. The summed E-state index contributed by atoms with van der Waals surface area (Å²) in [7, 11) is 0. The normalized spacial score (nSPS) is 15.4. The fourth-order valence-electron chi connectivity index (χ4n) is 2.09. The van der Waals surface area contributed by atoms with E-state index in [-0.39, 0.29) is 6.42 Å². The van der Waals surface area contributed by atoms with Crippen LogP contribution in [0.2, 0.25) is 0 Å². The van der Waals surface area contributed by atoms with Gasteiger partial charge in [0.25, 0.3) is 0 Å². The summed E-state index contributed by atoms with van der Waals surface area (Å²) in [5.74, 6) is -6.73. The molecule has 0 spiro atoms. The molecule has 0 aromatic rings. The summed E-state index contributed by atoms with van der Waals surface area (Å²) in [5, 5.41) is 37.0. The second-order valence-electron chi connectivity index (χ2n) is 5.80. The number of carboxylic acid groups (broad SMARTS) is 3. The smallest absolute Gasteiger partial charge is 0.337 e. The molecule has 0 radical (unpaired) electrons. The van der Waals surface area contributed by atoms with E-state index in [1.165, 1.54) is 6.08 Å². The Morgan fingerprint density at radius 1 is 1.04 bits per heavy atom. The van der Waals surface area contributed by atoms with Gasteiger partial charge in [0, 0.05) is 0 Å². The van der Waals surface area contributed by atoms with Crippen molar-refractivity contribution in [1.29, 1.82) is 0 Å². The van der Waals surface area contributed by atoms with Gasteiger partial charge < -0.3 is 20.4 Å². The van der Waals surface area contributed by atoms with Crippen molar-refractivity contribution in [3.05, 3.63) is 23.3 Å². The van der Waals surface area contributed by atoms with Crippen molar-refractivity contribution < 1.29 is 34.8 Å². The number of carbonyl (C=O) groups is 3. The van der Waals surface area contributed by atoms with Crippen LogP contribution in [-0.4, -0.2) is 43.9 Å². The van der Waals surface area contributed by atoms with Crippen LogP contribution in [0.3, 0.4) is 0 Å². The molecule has 2 unspecified atom stereocenters. The summed E-state index contributed by atoms with van der Waals surface area (Å²) < 4.78 is 0. The van der Waals surface area contributed by atoms with Gasteiger partial charge in [-0.3, -0.25) is 9.59 Å². The van der Waals surface area contributed by atoms with E-state index in [0.29, 0.717) is 6.42 Å². The molecule has 0 heterocycles. The zero-order valence-corrected chi connectivity index (χ0v) is 13.6. The number of aliphatic hydroxyl groups is 1. The fraction of sp³-hybridized carbons (Fsp3) is 0.562. The van der Waals surface area contributed by atoms with E-state index in [1.54, 1.807) is 6.92 Å². The average Bonchev–Trinajstić information content (AvgIpc) is 2.36. The monoisotopic (exact) mass is 328 g/mol. The molecule has 0 saturated heterocycles. The molecule has 4 N–H and O–H groups in total. The first-order chi connectivity index (χ1) is 10.5. The minimum absolute atomic E-state index is 0.258. The third-order valence-electron chi connectivity index (χ3n) is 3.46. The van der Waals surface area contributed by atoms with E-state index in [0.717, 1.165) is 17.6 Å². The van der Waals surface area contributed by atoms with Crippen LogP contribution in [0.1, 0.15) is 46.5 Å². The van der Waals surface area contributed by atoms with Crippen molar-refractivity contribution in [2.24, 2.45) is 5.92 Å². The number of allylic oxidation sites excluding steroid dienone is 4. The Hall–Kier alpha value is -2.15. The Morgan fingerprint density at radius 2 is 1.61 bits per heavy atom. The van der Waals surface area contributed by atoms with Gasteiger partial charge in [0.15, 0.2) is 5.60 Å². The first kappa shape index (κ1) is 20.9. The highest BCUT2D eigenvalue weighted by Crippen LogP contribution is 2.27. The number of rotatable bonds is 10. The van der Waals surface area contributed by atoms with Gasteiger partial charge in [-0.1, -0.05) is 23.3 Å². The number of hydrogen-bond donors (Lipinski definition) is 4. The van der Waals surface area contributed by atoms with Gasteiger partial charge in [0.05, 0.1) is 6.42 Å². The molecule has 0 saturated carbocycles. The molecular weight excluding hydrogens is 304 g/mol. The van der Waals surface area contributed by atoms with Gasteiger partial charge >= 0.3 is 17.9 Å². The lowest BCUT2D eigenvalue weighted by Gasteiger charge is -2.27. The number of hydrogen-bond acceptors (Lipinski definition) is 4. The van der Waals surface area contributed by atoms with Crippen LogP contribution in [-0.2, 0) is 14.4 Å². The molecule has 0 aliphatic carbocycles. The summed E-state index contributed by atoms with van der Waals surface area (Å²) in [6.45, 7) is 5.69. The van der Waals surface area contributed by atoms with E-state index in [1.807, 2.05) is 19.9 Å². The highest BCUT2D eigenvalue weighted by molar-refractivity contribution is 5.89. The van der Waals surface area contributed by atoms with Crippen LogP contribution >= 0.6 is 0 Å². The molecule has 0 amide bonds. The lowest BCUT2D eigenvalue weighted by molar-refractivity contribution is -0.178. The molecule has 0 aliphatic rings. The fourth-order valence-corrected chi connectivity index (χ4v) is 2.09. The molecule has 130 valence electrons. The van der Waals surface area contributed by atoms with Gasteiger partial charge in [0.2, 0.25) is 0 Å². The van der Waals surface area contributed by atoms with Crippen LogP contribution in [0.4, 0.5) is 0 Å². The Balaban J connectivity index is 5.17. The zero-order chi connectivity index (χ0) is 18.2. The summed E-state index contributed by atoms with van der Waals surface area (Å²) in [6.07, 6.45) is 3.55. The molecule has 0 bridgehead atoms. The van der Waals surface area contributed by atoms with Crippen molar-refractivity contribution in [3.63, 3.8) is 0 Å². The van der Waals surface area contributed by atoms with Crippen LogP contribution in [0.5, 0.6) is 0 Å². The molecule has 7 heteroatoms. The van der Waals surface area contributed by atoms with Crippen molar-refractivity contribution in [2.75, 3.05) is 0 Å². The molecule has 0 rings (SSSR count). The van der Waals surface area contributed by atoms with Gasteiger partial charge in [-0.15, -0.1) is 0 Å². The lowest BCUT2D eigenvalue weighted by atomic mass is 9.81. The maximum Gasteiger partial charge on any atom is 0.337 e. The summed E-state index contributed by atoms with van der Waals surface area (Å²) in [5.41, 5.74) is -0.853.